The summed E-state index contributed by atoms with van der Waals surface area (Å²) in [5.41, 5.74) is 13.1. The van der Waals surface area contributed by atoms with Crippen LogP contribution < -0.4 is 4.90 Å². The molecule has 11 rings (SSSR count). The fourth-order valence-corrected chi connectivity index (χ4v) is 8.98. The minimum Gasteiger partial charge on any atom is -0.310 e. The monoisotopic (exact) mass is 775 g/mol. The van der Waals surface area contributed by atoms with Crippen LogP contribution in [-0.2, 0) is 0 Å². The fourth-order valence-electron chi connectivity index (χ4n) is 8.98. The molecule has 0 atom stereocenters. The number of rotatable bonds is 8. The summed E-state index contributed by atoms with van der Waals surface area (Å²) in [5, 5.41) is 9.97. The van der Waals surface area contributed by atoms with Crippen molar-refractivity contribution in [2.24, 2.45) is 0 Å². The Morgan fingerprint density at radius 1 is 0.246 bits per heavy atom. The van der Waals surface area contributed by atoms with Crippen molar-refractivity contribution in [1.29, 1.82) is 0 Å². The van der Waals surface area contributed by atoms with Crippen LogP contribution in [0.15, 0.2) is 237 Å². The van der Waals surface area contributed by atoms with Gasteiger partial charge in [-0.3, -0.25) is 0 Å². The van der Waals surface area contributed by atoms with Crippen LogP contribution in [0.3, 0.4) is 0 Å². The lowest BCUT2D eigenvalue weighted by atomic mass is 9.86. The number of hydrogen-bond acceptors (Lipinski definition) is 1. The minimum atomic E-state index is 1.11. The Morgan fingerprint density at radius 3 is 1.16 bits per heavy atom. The van der Waals surface area contributed by atoms with Gasteiger partial charge in [0.1, 0.15) is 0 Å². The third kappa shape index (κ3) is 6.93. The van der Waals surface area contributed by atoms with Crippen LogP contribution in [0.1, 0.15) is 11.1 Å². The van der Waals surface area contributed by atoms with Crippen LogP contribution >= 0.6 is 0 Å². The van der Waals surface area contributed by atoms with Crippen molar-refractivity contribution in [2.75, 3.05) is 4.90 Å². The predicted octanol–water partition coefficient (Wildman–Crippen LogP) is 16.9. The molecule has 0 radical (unpaired) electrons. The summed E-state index contributed by atoms with van der Waals surface area (Å²) in [6.45, 7) is 0. The van der Waals surface area contributed by atoms with E-state index in [0.29, 0.717) is 0 Å². The summed E-state index contributed by atoms with van der Waals surface area (Å²) in [5.74, 6) is 0. The van der Waals surface area contributed by atoms with Gasteiger partial charge < -0.3 is 4.90 Å². The van der Waals surface area contributed by atoms with Gasteiger partial charge in [-0.25, -0.2) is 0 Å². The second-order valence-electron chi connectivity index (χ2n) is 15.7. The topological polar surface area (TPSA) is 3.24 Å². The summed E-state index contributed by atoms with van der Waals surface area (Å²) in [6.07, 6.45) is 4.40. The lowest BCUT2D eigenvalue weighted by molar-refractivity contribution is 1.29. The van der Waals surface area contributed by atoms with Gasteiger partial charge in [-0.15, -0.1) is 0 Å². The molecule has 0 heterocycles. The van der Waals surface area contributed by atoms with Crippen molar-refractivity contribution in [1.82, 2.24) is 0 Å². The molecule has 0 aromatic heterocycles. The number of nitrogens with zero attached hydrogens (tertiary/aromatic N) is 1. The number of anilines is 3. The Labute approximate surface area is 356 Å². The van der Waals surface area contributed by atoms with Crippen molar-refractivity contribution in [2.45, 2.75) is 0 Å². The first-order valence-electron chi connectivity index (χ1n) is 21.0. The highest BCUT2D eigenvalue weighted by Gasteiger charge is 2.18. The predicted molar refractivity (Wildman–Crippen MR) is 263 cm³/mol. The zero-order valence-corrected chi connectivity index (χ0v) is 33.6. The molecule has 1 nitrogen and oxygen atoms in total. The molecule has 0 aliphatic carbocycles. The first-order chi connectivity index (χ1) is 30.2. The zero-order chi connectivity index (χ0) is 40.5. The molecule has 0 aliphatic heterocycles. The molecule has 0 N–H and O–H groups in total. The van der Waals surface area contributed by atoms with E-state index in [9.17, 15) is 0 Å². The van der Waals surface area contributed by atoms with E-state index in [0.717, 1.165) is 17.1 Å². The molecule has 61 heavy (non-hydrogen) atoms. The van der Waals surface area contributed by atoms with Gasteiger partial charge in [0.2, 0.25) is 0 Å². The van der Waals surface area contributed by atoms with Crippen molar-refractivity contribution < 1.29 is 0 Å². The highest BCUT2D eigenvalue weighted by Crippen LogP contribution is 2.45. The summed E-state index contributed by atoms with van der Waals surface area (Å²) in [7, 11) is 0. The Morgan fingerprint density at radius 2 is 0.623 bits per heavy atom. The summed E-state index contributed by atoms with van der Waals surface area (Å²) in [4.78, 5) is 2.34. The molecule has 0 fully saturated rings. The Hall–Kier alpha value is -8.00. The quantitative estimate of drug-likeness (QED) is 0.110. The average molecular weight is 776 g/mol. The van der Waals surface area contributed by atoms with E-state index in [-0.39, 0.29) is 0 Å². The van der Waals surface area contributed by atoms with Crippen LogP contribution in [0.5, 0.6) is 0 Å². The smallest absolute Gasteiger partial charge is 0.0468 e. The Balaban J connectivity index is 0.918. The fraction of sp³-hybridized carbons (Fsp3) is 0. The maximum absolute atomic E-state index is 2.34. The molecule has 0 amide bonds. The van der Waals surface area contributed by atoms with E-state index in [1.807, 2.05) is 0 Å². The van der Waals surface area contributed by atoms with Gasteiger partial charge >= 0.3 is 0 Å². The van der Waals surface area contributed by atoms with Gasteiger partial charge in [0.05, 0.1) is 0 Å². The molecule has 0 saturated heterocycles. The molecular weight excluding hydrogens is 735 g/mol. The average Bonchev–Trinajstić information content (AvgIpc) is 3.33. The molecule has 0 spiro atoms. The standard InChI is InChI=1S/C60H41N/c1-2-16-52(17-3-1)61(54-39-34-45-13-5-7-15-50(45)41-54)53-37-35-48(36-38-53)60-57-20-10-8-18-55(57)59(56-19-9-11-21-58(56)60)47-30-26-43(27-31-47)23-22-42-24-28-46(29-25-42)51-33-32-44-12-4-6-14-49(44)40-51/h1-41H. The minimum absolute atomic E-state index is 1.11. The maximum atomic E-state index is 2.34. The first kappa shape index (κ1) is 36.1. The zero-order valence-electron chi connectivity index (χ0n) is 33.6. The Kier molecular flexibility index (Phi) is 9.26. The van der Waals surface area contributed by atoms with E-state index in [1.165, 1.54) is 87.6 Å². The van der Waals surface area contributed by atoms with Crippen molar-refractivity contribution in [3.05, 3.63) is 248 Å². The van der Waals surface area contributed by atoms with E-state index >= 15 is 0 Å². The Bertz CT molecular complexity index is 3320. The molecule has 1 heteroatoms. The lowest BCUT2D eigenvalue weighted by Gasteiger charge is -2.26. The van der Waals surface area contributed by atoms with Gasteiger partial charge in [-0.05, 0) is 130 Å². The van der Waals surface area contributed by atoms with Gasteiger partial charge in [-0.1, -0.05) is 206 Å². The van der Waals surface area contributed by atoms with Gasteiger partial charge in [0, 0.05) is 17.1 Å². The first-order valence-corrected chi connectivity index (χ1v) is 21.0. The summed E-state index contributed by atoms with van der Waals surface area (Å²) >= 11 is 0. The summed E-state index contributed by atoms with van der Waals surface area (Å²) < 4.78 is 0. The van der Waals surface area contributed by atoms with E-state index in [2.05, 4.69) is 254 Å². The van der Waals surface area contributed by atoms with Crippen molar-refractivity contribution >= 4 is 72.3 Å². The van der Waals surface area contributed by atoms with Crippen LogP contribution in [0, 0.1) is 0 Å². The number of benzene rings is 11. The van der Waals surface area contributed by atoms with E-state index in [4.69, 9.17) is 0 Å². The molecule has 0 unspecified atom stereocenters. The largest absolute Gasteiger partial charge is 0.310 e. The third-order valence-corrected chi connectivity index (χ3v) is 12.0. The van der Waals surface area contributed by atoms with Crippen molar-refractivity contribution in [3.63, 3.8) is 0 Å². The van der Waals surface area contributed by atoms with Crippen LogP contribution in [0.2, 0.25) is 0 Å². The molecule has 0 aliphatic rings. The molecular formula is C60H41N. The lowest BCUT2D eigenvalue weighted by Crippen LogP contribution is -2.09. The number of para-hydroxylation sites is 1. The van der Waals surface area contributed by atoms with Gasteiger partial charge in [0.25, 0.3) is 0 Å². The molecule has 11 aromatic carbocycles. The molecule has 0 bridgehead atoms. The number of fused-ring (bicyclic) bond motifs is 4. The van der Waals surface area contributed by atoms with Crippen LogP contribution in [0.4, 0.5) is 17.1 Å². The van der Waals surface area contributed by atoms with Crippen LogP contribution in [-0.4, -0.2) is 0 Å². The third-order valence-electron chi connectivity index (χ3n) is 12.0. The highest BCUT2D eigenvalue weighted by atomic mass is 15.1. The van der Waals surface area contributed by atoms with Crippen molar-refractivity contribution in [3.8, 4) is 33.4 Å². The van der Waals surface area contributed by atoms with Gasteiger partial charge in [-0.2, -0.15) is 0 Å². The molecule has 0 saturated carbocycles. The SMILES string of the molecule is C(=Cc1ccc(-c2c3ccccc3c(-c3ccc(N(c4ccccc4)c4ccc5ccccc5c4)cc3)c3ccccc23)cc1)c1ccc(-c2ccc3ccccc3c2)cc1. The summed E-state index contributed by atoms with van der Waals surface area (Å²) in [6, 6.07) is 85.9. The van der Waals surface area contributed by atoms with Gasteiger partial charge in [0.15, 0.2) is 0 Å². The maximum Gasteiger partial charge on any atom is 0.0468 e. The van der Waals surface area contributed by atoms with E-state index in [1.54, 1.807) is 0 Å². The highest BCUT2D eigenvalue weighted by molar-refractivity contribution is 6.21. The normalized spacial score (nSPS) is 11.5. The molecule has 11 aromatic rings. The molecule has 286 valence electrons. The van der Waals surface area contributed by atoms with E-state index < -0.39 is 0 Å². The second-order valence-corrected chi connectivity index (χ2v) is 15.7. The van der Waals surface area contributed by atoms with Crippen LogP contribution in [0.25, 0.3) is 88.6 Å². The second kappa shape index (κ2) is 15.6. The number of hydrogen-bond donors (Lipinski definition) is 0.